The molecule has 16 heavy (non-hydrogen) atoms. The molecule has 2 aromatic rings. The Hall–Kier alpha value is -1.61. The van der Waals surface area contributed by atoms with E-state index < -0.39 is 0 Å². The third kappa shape index (κ3) is 1.74. The minimum atomic E-state index is 0.738. The van der Waals surface area contributed by atoms with Crippen LogP contribution in [0.15, 0.2) is 42.6 Å². The average molecular weight is 213 g/mol. The summed E-state index contributed by atoms with van der Waals surface area (Å²) in [5, 5.41) is 7.70. The smallest absolute Gasteiger partial charge is 0.0682 e. The molecule has 2 heterocycles. The van der Waals surface area contributed by atoms with Crippen LogP contribution in [0.3, 0.4) is 0 Å². The average Bonchev–Trinajstić information content (AvgIpc) is 2.73. The molecule has 1 fully saturated rings. The van der Waals surface area contributed by atoms with E-state index in [2.05, 4.69) is 45.4 Å². The predicted molar refractivity (Wildman–Crippen MR) is 64.0 cm³/mol. The highest BCUT2D eigenvalue weighted by Crippen LogP contribution is 2.19. The van der Waals surface area contributed by atoms with Crippen molar-refractivity contribution in [1.82, 2.24) is 15.1 Å². The summed E-state index contributed by atoms with van der Waals surface area (Å²) in [6, 6.07) is 12.5. The van der Waals surface area contributed by atoms with Crippen LogP contribution in [0.25, 0.3) is 11.3 Å². The zero-order valence-electron chi connectivity index (χ0n) is 9.13. The topological polar surface area (TPSA) is 29.9 Å². The van der Waals surface area contributed by atoms with Crippen LogP contribution in [-0.2, 0) is 6.54 Å². The highest BCUT2D eigenvalue weighted by atomic mass is 15.3. The van der Waals surface area contributed by atoms with E-state index in [9.17, 15) is 0 Å². The van der Waals surface area contributed by atoms with Gasteiger partial charge in [-0.25, -0.2) is 0 Å². The molecular formula is C13H15N3. The van der Waals surface area contributed by atoms with Crippen LogP contribution in [0.4, 0.5) is 0 Å². The molecule has 0 atom stereocenters. The van der Waals surface area contributed by atoms with Crippen LogP contribution in [0.2, 0.25) is 0 Å². The zero-order chi connectivity index (χ0) is 10.8. The van der Waals surface area contributed by atoms with E-state index in [1.807, 2.05) is 12.3 Å². The van der Waals surface area contributed by atoms with E-state index in [1.165, 1.54) is 11.3 Å². The lowest BCUT2D eigenvalue weighted by atomic mass is 10.0. The maximum atomic E-state index is 4.40. The fourth-order valence-corrected chi connectivity index (χ4v) is 2.05. The van der Waals surface area contributed by atoms with Crippen molar-refractivity contribution >= 4 is 0 Å². The van der Waals surface area contributed by atoms with Gasteiger partial charge in [0.05, 0.1) is 5.69 Å². The van der Waals surface area contributed by atoms with Crippen molar-refractivity contribution in [1.29, 1.82) is 0 Å². The molecule has 0 aliphatic carbocycles. The van der Waals surface area contributed by atoms with Crippen LogP contribution >= 0.6 is 0 Å². The molecule has 1 N–H and O–H groups in total. The molecule has 3 nitrogen and oxygen atoms in total. The Bertz CT molecular complexity index is 457. The Kier molecular flexibility index (Phi) is 2.46. The summed E-state index contributed by atoms with van der Waals surface area (Å²) in [5.74, 6) is 0.738. The maximum absolute atomic E-state index is 4.40. The summed E-state index contributed by atoms with van der Waals surface area (Å²) in [6.07, 6.45) is 1.88. The highest BCUT2D eigenvalue weighted by molar-refractivity contribution is 5.58. The summed E-state index contributed by atoms with van der Waals surface area (Å²) in [4.78, 5) is 0. The van der Waals surface area contributed by atoms with Gasteiger partial charge in [0.25, 0.3) is 0 Å². The first-order valence-corrected chi connectivity index (χ1v) is 5.71. The fourth-order valence-electron chi connectivity index (χ4n) is 2.05. The Morgan fingerprint density at radius 3 is 2.69 bits per heavy atom. The Morgan fingerprint density at radius 1 is 1.19 bits per heavy atom. The number of rotatable bonds is 3. The molecule has 1 aromatic carbocycles. The normalized spacial score (nSPS) is 16.0. The molecule has 0 saturated carbocycles. The van der Waals surface area contributed by atoms with E-state index in [-0.39, 0.29) is 0 Å². The van der Waals surface area contributed by atoms with E-state index in [0.29, 0.717) is 0 Å². The second-order valence-corrected chi connectivity index (χ2v) is 4.29. The van der Waals surface area contributed by atoms with Gasteiger partial charge in [-0.05, 0) is 11.6 Å². The lowest BCUT2D eigenvalue weighted by Crippen LogP contribution is -2.44. The van der Waals surface area contributed by atoms with Crippen LogP contribution in [0.5, 0.6) is 0 Å². The maximum Gasteiger partial charge on any atom is 0.0682 e. The van der Waals surface area contributed by atoms with Gasteiger partial charge in [-0.15, -0.1) is 0 Å². The Balaban J connectivity index is 1.87. The molecule has 0 radical (unpaired) electrons. The molecule has 1 saturated heterocycles. The summed E-state index contributed by atoms with van der Waals surface area (Å²) in [6.45, 7) is 3.26. The van der Waals surface area contributed by atoms with Crippen molar-refractivity contribution < 1.29 is 0 Å². The van der Waals surface area contributed by atoms with Gasteiger partial charge in [0.2, 0.25) is 0 Å². The molecule has 3 rings (SSSR count). The van der Waals surface area contributed by atoms with Gasteiger partial charge >= 0.3 is 0 Å². The van der Waals surface area contributed by atoms with Crippen LogP contribution in [-0.4, -0.2) is 22.9 Å². The summed E-state index contributed by atoms with van der Waals surface area (Å²) >= 11 is 0. The largest absolute Gasteiger partial charge is 0.316 e. The number of nitrogens with one attached hydrogen (secondary N) is 1. The molecule has 1 aromatic heterocycles. The zero-order valence-corrected chi connectivity index (χ0v) is 9.13. The van der Waals surface area contributed by atoms with Crippen molar-refractivity contribution in [3.05, 3.63) is 42.6 Å². The first-order valence-electron chi connectivity index (χ1n) is 5.71. The molecule has 0 amide bonds. The molecule has 1 aliphatic rings. The monoisotopic (exact) mass is 213 g/mol. The first-order chi connectivity index (χ1) is 7.93. The number of hydrogen-bond donors (Lipinski definition) is 1. The van der Waals surface area contributed by atoms with Crippen LogP contribution in [0, 0.1) is 5.92 Å². The van der Waals surface area contributed by atoms with E-state index in [4.69, 9.17) is 0 Å². The van der Waals surface area contributed by atoms with Crippen LogP contribution in [0.1, 0.15) is 0 Å². The highest BCUT2D eigenvalue weighted by Gasteiger charge is 2.18. The summed E-state index contributed by atoms with van der Waals surface area (Å²) in [5.41, 5.74) is 2.46. The van der Waals surface area contributed by atoms with Crippen molar-refractivity contribution in [3.63, 3.8) is 0 Å². The predicted octanol–water partition coefficient (Wildman–Crippen LogP) is 1.77. The molecule has 0 spiro atoms. The van der Waals surface area contributed by atoms with Gasteiger partial charge in [0, 0.05) is 31.7 Å². The van der Waals surface area contributed by atoms with Gasteiger partial charge in [0.15, 0.2) is 0 Å². The van der Waals surface area contributed by atoms with Gasteiger partial charge < -0.3 is 5.32 Å². The Morgan fingerprint density at radius 2 is 2.00 bits per heavy atom. The Labute approximate surface area is 95.1 Å². The van der Waals surface area contributed by atoms with E-state index >= 15 is 0 Å². The number of nitrogens with zero attached hydrogens (tertiary/aromatic N) is 2. The number of aromatic nitrogens is 2. The molecule has 82 valence electrons. The van der Waals surface area contributed by atoms with Crippen molar-refractivity contribution in [3.8, 4) is 11.3 Å². The van der Waals surface area contributed by atoms with E-state index in [1.54, 1.807) is 0 Å². The van der Waals surface area contributed by atoms with Crippen molar-refractivity contribution in [2.45, 2.75) is 6.54 Å². The van der Waals surface area contributed by atoms with Gasteiger partial charge in [0.1, 0.15) is 0 Å². The summed E-state index contributed by atoms with van der Waals surface area (Å²) in [7, 11) is 0. The standard InChI is InChI=1S/C13H15N3/c1-2-4-12(5-3-1)13-6-7-15-16(13)10-11-8-14-9-11/h1-7,11,14H,8-10H2. The quantitative estimate of drug-likeness (QED) is 0.842. The van der Waals surface area contributed by atoms with Gasteiger partial charge in [-0.3, -0.25) is 4.68 Å². The fraction of sp³-hybridized carbons (Fsp3) is 0.308. The molecular weight excluding hydrogens is 198 g/mol. The molecule has 0 bridgehead atoms. The second kappa shape index (κ2) is 4.10. The number of hydrogen-bond acceptors (Lipinski definition) is 2. The minimum Gasteiger partial charge on any atom is -0.316 e. The minimum absolute atomic E-state index is 0.738. The molecule has 1 aliphatic heterocycles. The second-order valence-electron chi connectivity index (χ2n) is 4.29. The van der Waals surface area contributed by atoms with Crippen molar-refractivity contribution in [2.24, 2.45) is 5.92 Å². The third-order valence-corrected chi connectivity index (χ3v) is 3.08. The lowest BCUT2D eigenvalue weighted by molar-refractivity contribution is 0.297. The van der Waals surface area contributed by atoms with Crippen molar-refractivity contribution in [2.75, 3.05) is 13.1 Å². The summed E-state index contributed by atoms with van der Waals surface area (Å²) < 4.78 is 2.11. The third-order valence-electron chi connectivity index (χ3n) is 3.08. The SMILES string of the molecule is c1ccc(-c2ccnn2CC2CNC2)cc1. The van der Waals surface area contributed by atoms with Crippen LogP contribution < -0.4 is 5.32 Å². The number of benzene rings is 1. The van der Waals surface area contributed by atoms with E-state index in [0.717, 1.165) is 25.6 Å². The molecule has 0 unspecified atom stereocenters. The van der Waals surface area contributed by atoms with Gasteiger partial charge in [-0.2, -0.15) is 5.10 Å². The van der Waals surface area contributed by atoms with Gasteiger partial charge in [-0.1, -0.05) is 30.3 Å². The molecule has 3 heteroatoms. The lowest BCUT2D eigenvalue weighted by Gasteiger charge is -2.27. The first kappa shape index (κ1) is 9.60.